The number of nitrogens with zero attached hydrogens (tertiary/aromatic N) is 3. The molecule has 0 saturated heterocycles. The van der Waals surface area contributed by atoms with Crippen molar-refractivity contribution in [2.24, 2.45) is 0 Å². The van der Waals surface area contributed by atoms with Crippen LogP contribution in [-0.4, -0.2) is 21.5 Å². The van der Waals surface area contributed by atoms with Crippen molar-refractivity contribution in [1.29, 1.82) is 0 Å². The van der Waals surface area contributed by atoms with Gasteiger partial charge in [-0.1, -0.05) is 39.8 Å². The molecule has 0 bridgehead atoms. The van der Waals surface area contributed by atoms with Gasteiger partial charge in [0.25, 0.3) is 0 Å². The zero-order chi connectivity index (χ0) is 13.1. The summed E-state index contributed by atoms with van der Waals surface area (Å²) in [6, 6.07) is 8.13. The molecule has 1 aromatic carbocycles. The van der Waals surface area contributed by atoms with Crippen molar-refractivity contribution >= 4 is 34.7 Å². The van der Waals surface area contributed by atoms with Crippen LogP contribution in [0.1, 0.15) is 24.2 Å². The number of hydrogen-bond donors (Lipinski definition) is 0. The first-order valence-electron chi connectivity index (χ1n) is 5.50. The van der Waals surface area contributed by atoms with Gasteiger partial charge in [0.1, 0.15) is 10.0 Å². The van der Waals surface area contributed by atoms with Crippen LogP contribution < -0.4 is 0 Å². The van der Waals surface area contributed by atoms with E-state index in [-0.39, 0.29) is 6.04 Å². The van der Waals surface area contributed by atoms with Crippen LogP contribution in [-0.2, 0) is 6.54 Å². The van der Waals surface area contributed by atoms with Gasteiger partial charge in [-0.05, 0) is 31.7 Å². The summed E-state index contributed by atoms with van der Waals surface area (Å²) in [7, 11) is 2.04. The first kappa shape index (κ1) is 13.7. The zero-order valence-corrected chi connectivity index (χ0v) is 12.4. The summed E-state index contributed by atoms with van der Waals surface area (Å²) in [5.74, 6) is 0. The van der Waals surface area contributed by atoms with Crippen molar-refractivity contribution in [2.45, 2.75) is 19.5 Å². The fraction of sp³-hybridized carbons (Fsp3) is 0.333. The predicted molar refractivity (Wildman–Crippen MR) is 76.3 cm³/mol. The fourth-order valence-electron chi connectivity index (χ4n) is 1.66. The second-order valence-corrected chi connectivity index (χ2v) is 5.93. The maximum absolute atomic E-state index is 6.00. The second kappa shape index (κ2) is 5.97. The summed E-state index contributed by atoms with van der Waals surface area (Å²) >= 11 is 13.1. The van der Waals surface area contributed by atoms with Gasteiger partial charge in [-0.25, -0.2) is 0 Å². The van der Waals surface area contributed by atoms with Gasteiger partial charge in [0.2, 0.25) is 0 Å². The lowest BCUT2D eigenvalue weighted by molar-refractivity contribution is 0.250. The van der Waals surface area contributed by atoms with Gasteiger partial charge in [0.15, 0.2) is 0 Å². The summed E-state index contributed by atoms with van der Waals surface area (Å²) in [5.41, 5.74) is 2.03. The predicted octanol–water partition coefficient (Wildman–Crippen LogP) is 4.04. The monoisotopic (exact) mass is 301 g/mol. The lowest BCUT2D eigenvalue weighted by Crippen LogP contribution is -2.22. The van der Waals surface area contributed by atoms with Crippen LogP contribution in [0.15, 0.2) is 24.3 Å². The molecule has 18 heavy (non-hydrogen) atoms. The Hall–Kier alpha value is -0.680. The Kier molecular flexibility index (Phi) is 4.56. The van der Waals surface area contributed by atoms with E-state index in [0.717, 1.165) is 10.7 Å². The molecule has 1 unspecified atom stereocenters. The van der Waals surface area contributed by atoms with E-state index in [2.05, 4.69) is 21.4 Å². The first-order valence-corrected chi connectivity index (χ1v) is 7.03. The summed E-state index contributed by atoms with van der Waals surface area (Å²) < 4.78 is 4.49. The summed E-state index contributed by atoms with van der Waals surface area (Å²) in [4.78, 5) is 2.17. The highest BCUT2D eigenvalue weighted by atomic mass is 35.5. The molecule has 0 amide bonds. The van der Waals surface area contributed by atoms with E-state index >= 15 is 0 Å². The third-order valence-electron chi connectivity index (χ3n) is 2.92. The number of aromatic nitrogens is 2. The molecular formula is C12H13Cl2N3S. The first-order chi connectivity index (χ1) is 8.58. The van der Waals surface area contributed by atoms with Crippen LogP contribution in [0.25, 0.3) is 0 Å². The van der Waals surface area contributed by atoms with Crippen molar-refractivity contribution in [3.05, 3.63) is 44.9 Å². The van der Waals surface area contributed by atoms with Crippen LogP contribution in [0, 0.1) is 0 Å². The number of halogens is 2. The minimum Gasteiger partial charge on any atom is -0.294 e. The molecule has 1 heterocycles. The molecule has 0 spiro atoms. The van der Waals surface area contributed by atoms with Crippen LogP contribution in [0.2, 0.25) is 9.36 Å². The van der Waals surface area contributed by atoms with Crippen LogP contribution in [0.4, 0.5) is 0 Å². The standard InChI is InChI=1S/C12H13Cl2N3S/c1-8(9-3-5-10(13)6-4-9)17(2)7-11-12(14)18-16-15-11/h3-6,8H,7H2,1-2H3. The van der Waals surface area contributed by atoms with E-state index in [1.54, 1.807) is 0 Å². The van der Waals surface area contributed by atoms with E-state index in [9.17, 15) is 0 Å². The normalized spacial score (nSPS) is 12.9. The molecule has 6 heteroatoms. The maximum Gasteiger partial charge on any atom is 0.138 e. The van der Waals surface area contributed by atoms with E-state index in [4.69, 9.17) is 23.2 Å². The Morgan fingerprint density at radius 2 is 1.94 bits per heavy atom. The highest BCUT2D eigenvalue weighted by molar-refractivity contribution is 7.10. The topological polar surface area (TPSA) is 29.0 Å². The lowest BCUT2D eigenvalue weighted by Gasteiger charge is -2.24. The van der Waals surface area contributed by atoms with E-state index in [1.807, 2.05) is 31.3 Å². The van der Waals surface area contributed by atoms with E-state index in [1.165, 1.54) is 17.1 Å². The Morgan fingerprint density at radius 1 is 1.28 bits per heavy atom. The van der Waals surface area contributed by atoms with Gasteiger partial charge in [-0.2, -0.15) is 0 Å². The summed E-state index contributed by atoms with van der Waals surface area (Å²) in [5, 5.41) is 4.77. The zero-order valence-electron chi connectivity index (χ0n) is 10.1. The van der Waals surface area contributed by atoms with Crippen LogP contribution in [0.3, 0.4) is 0 Å². The third kappa shape index (κ3) is 3.20. The minimum absolute atomic E-state index is 0.264. The van der Waals surface area contributed by atoms with E-state index < -0.39 is 0 Å². The fourth-order valence-corrected chi connectivity index (χ4v) is 2.40. The van der Waals surface area contributed by atoms with Crippen molar-refractivity contribution in [3.63, 3.8) is 0 Å². The number of hydrogen-bond acceptors (Lipinski definition) is 4. The van der Waals surface area contributed by atoms with Gasteiger partial charge >= 0.3 is 0 Å². The number of rotatable bonds is 4. The molecule has 0 aliphatic heterocycles. The van der Waals surface area contributed by atoms with Crippen molar-refractivity contribution in [1.82, 2.24) is 14.5 Å². The van der Waals surface area contributed by atoms with Crippen molar-refractivity contribution in [3.8, 4) is 0 Å². The molecule has 3 nitrogen and oxygen atoms in total. The highest BCUT2D eigenvalue weighted by Crippen LogP contribution is 2.24. The highest BCUT2D eigenvalue weighted by Gasteiger charge is 2.15. The lowest BCUT2D eigenvalue weighted by atomic mass is 10.1. The molecular weight excluding hydrogens is 289 g/mol. The molecule has 0 radical (unpaired) electrons. The Bertz CT molecular complexity index is 512. The van der Waals surface area contributed by atoms with Crippen molar-refractivity contribution in [2.75, 3.05) is 7.05 Å². The molecule has 0 N–H and O–H groups in total. The quantitative estimate of drug-likeness (QED) is 0.853. The van der Waals surface area contributed by atoms with Gasteiger partial charge < -0.3 is 0 Å². The Morgan fingerprint density at radius 3 is 2.50 bits per heavy atom. The molecule has 0 saturated carbocycles. The second-order valence-electron chi connectivity index (χ2n) is 4.14. The molecule has 2 aromatic rings. The van der Waals surface area contributed by atoms with E-state index in [0.29, 0.717) is 10.9 Å². The molecule has 1 atom stereocenters. The SMILES string of the molecule is CC(c1ccc(Cl)cc1)N(C)Cc1nnsc1Cl. The Balaban J connectivity index is 2.07. The average molecular weight is 302 g/mol. The summed E-state index contributed by atoms with van der Waals surface area (Å²) in [6.45, 7) is 2.82. The molecule has 0 fully saturated rings. The number of benzene rings is 1. The maximum atomic E-state index is 6.00. The third-order valence-corrected chi connectivity index (χ3v) is 4.16. The smallest absolute Gasteiger partial charge is 0.138 e. The van der Waals surface area contributed by atoms with Gasteiger partial charge in [0, 0.05) is 29.1 Å². The Labute approximate surface area is 121 Å². The average Bonchev–Trinajstić information content (AvgIpc) is 2.75. The molecule has 0 aliphatic carbocycles. The molecule has 0 aliphatic rings. The van der Waals surface area contributed by atoms with Crippen molar-refractivity contribution < 1.29 is 0 Å². The van der Waals surface area contributed by atoms with Gasteiger partial charge in [0.05, 0.1) is 0 Å². The molecule has 2 rings (SSSR count). The minimum atomic E-state index is 0.264. The van der Waals surface area contributed by atoms with Crippen LogP contribution >= 0.6 is 34.7 Å². The van der Waals surface area contributed by atoms with Gasteiger partial charge in [-0.15, -0.1) is 5.10 Å². The molecule has 96 valence electrons. The largest absolute Gasteiger partial charge is 0.294 e. The molecule has 1 aromatic heterocycles. The van der Waals surface area contributed by atoms with Crippen LogP contribution in [0.5, 0.6) is 0 Å². The van der Waals surface area contributed by atoms with Gasteiger partial charge in [-0.3, -0.25) is 4.90 Å². The summed E-state index contributed by atoms with van der Waals surface area (Å²) in [6.07, 6.45) is 0.